The smallest absolute Gasteiger partial charge is 0.399 e. The highest BCUT2D eigenvalue weighted by atomic mass is 19.1. The van der Waals surface area contributed by atoms with Gasteiger partial charge in [-0.1, -0.05) is 13.8 Å². The van der Waals surface area contributed by atoms with Crippen molar-refractivity contribution in [2.24, 2.45) is 0 Å². The molecule has 0 amide bonds. The molecule has 2 heterocycles. The number of hydrogen-bond donors (Lipinski definition) is 0. The van der Waals surface area contributed by atoms with Crippen molar-refractivity contribution >= 4 is 12.6 Å². The van der Waals surface area contributed by atoms with Crippen LogP contribution in [-0.2, 0) is 9.31 Å². The Balaban J connectivity index is 2.28. The molecule has 3 nitrogen and oxygen atoms in total. The summed E-state index contributed by atoms with van der Waals surface area (Å²) in [6.45, 7) is 11.9. The third kappa shape index (κ3) is 2.61. The van der Waals surface area contributed by atoms with E-state index in [1.54, 1.807) is 6.20 Å². The topological polar surface area (TPSA) is 31.4 Å². The summed E-state index contributed by atoms with van der Waals surface area (Å²) in [7, 11) is -0.696. The number of pyridine rings is 1. The third-order valence-electron chi connectivity index (χ3n) is 4.53. The first-order valence-electron chi connectivity index (χ1n) is 7.19. The average Bonchev–Trinajstić information content (AvgIpc) is 2.57. The minimum absolute atomic E-state index is 0.247. The van der Waals surface area contributed by atoms with Crippen molar-refractivity contribution in [1.82, 2.24) is 4.98 Å². The SMILES string of the molecule is CCC(C)c1cc(F)c(B2OC(C)(C)C(C)(C)O2)cn1. The molecule has 0 spiro atoms. The van der Waals surface area contributed by atoms with Gasteiger partial charge in [0.05, 0.1) is 11.2 Å². The predicted molar refractivity (Wildman–Crippen MR) is 78.6 cm³/mol. The van der Waals surface area contributed by atoms with Crippen molar-refractivity contribution in [3.63, 3.8) is 0 Å². The summed E-state index contributed by atoms with van der Waals surface area (Å²) < 4.78 is 26.0. The van der Waals surface area contributed by atoms with Gasteiger partial charge in [-0.2, -0.15) is 0 Å². The van der Waals surface area contributed by atoms with E-state index in [2.05, 4.69) is 11.9 Å². The maximum Gasteiger partial charge on any atom is 0.499 e. The Morgan fingerprint density at radius 3 is 2.25 bits per heavy atom. The molecule has 2 rings (SSSR count). The Morgan fingerprint density at radius 2 is 1.80 bits per heavy atom. The Morgan fingerprint density at radius 1 is 1.25 bits per heavy atom. The lowest BCUT2D eigenvalue weighted by Crippen LogP contribution is -2.41. The fourth-order valence-electron chi connectivity index (χ4n) is 2.08. The molecule has 0 aliphatic carbocycles. The molecule has 1 aromatic heterocycles. The molecule has 110 valence electrons. The molecule has 1 aliphatic heterocycles. The zero-order valence-electron chi connectivity index (χ0n) is 13.2. The fraction of sp³-hybridized carbons (Fsp3) is 0.667. The second-order valence-corrected chi connectivity index (χ2v) is 6.53. The normalized spacial score (nSPS) is 22.1. The van der Waals surface area contributed by atoms with Crippen LogP contribution in [0.5, 0.6) is 0 Å². The number of aromatic nitrogens is 1. The van der Waals surface area contributed by atoms with Gasteiger partial charge in [-0.3, -0.25) is 4.98 Å². The Labute approximate surface area is 121 Å². The maximum absolute atomic E-state index is 14.3. The van der Waals surface area contributed by atoms with Crippen molar-refractivity contribution in [3.05, 3.63) is 23.8 Å². The predicted octanol–water partition coefficient (Wildman–Crippen LogP) is 3.03. The zero-order valence-corrected chi connectivity index (χ0v) is 13.2. The number of halogens is 1. The van der Waals surface area contributed by atoms with Crippen molar-refractivity contribution in [3.8, 4) is 0 Å². The molecule has 0 saturated carbocycles. The molecular weight excluding hydrogens is 256 g/mol. The van der Waals surface area contributed by atoms with Gasteiger partial charge in [0.25, 0.3) is 0 Å². The van der Waals surface area contributed by atoms with E-state index in [1.807, 2.05) is 34.6 Å². The largest absolute Gasteiger partial charge is 0.499 e. The van der Waals surface area contributed by atoms with Crippen LogP contribution in [0.3, 0.4) is 0 Å². The molecular formula is C15H23BFNO2. The summed E-state index contributed by atoms with van der Waals surface area (Å²) in [5.41, 5.74) is 0.194. The van der Waals surface area contributed by atoms with Gasteiger partial charge < -0.3 is 9.31 Å². The lowest BCUT2D eigenvalue weighted by Gasteiger charge is -2.32. The van der Waals surface area contributed by atoms with E-state index in [9.17, 15) is 4.39 Å². The summed E-state index contributed by atoms with van der Waals surface area (Å²) in [6, 6.07) is 1.49. The summed E-state index contributed by atoms with van der Waals surface area (Å²) in [5, 5.41) is 0. The van der Waals surface area contributed by atoms with Crippen LogP contribution in [0.2, 0.25) is 0 Å². The van der Waals surface area contributed by atoms with Crippen LogP contribution < -0.4 is 5.46 Å². The molecule has 1 fully saturated rings. The van der Waals surface area contributed by atoms with Crippen LogP contribution in [0, 0.1) is 5.82 Å². The monoisotopic (exact) mass is 279 g/mol. The fourth-order valence-corrected chi connectivity index (χ4v) is 2.08. The second kappa shape index (κ2) is 5.12. The molecule has 0 N–H and O–H groups in total. The summed E-state index contributed by atoms with van der Waals surface area (Å²) in [5.74, 6) is -0.0642. The first kappa shape index (κ1) is 15.5. The number of hydrogen-bond acceptors (Lipinski definition) is 3. The van der Waals surface area contributed by atoms with Crippen molar-refractivity contribution in [2.45, 2.75) is 65.1 Å². The van der Waals surface area contributed by atoms with E-state index >= 15 is 0 Å². The molecule has 0 radical (unpaired) electrons. The first-order valence-corrected chi connectivity index (χ1v) is 7.19. The molecule has 1 unspecified atom stereocenters. The van der Waals surface area contributed by atoms with Crippen molar-refractivity contribution < 1.29 is 13.7 Å². The van der Waals surface area contributed by atoms with E-state index in [0.717, 1.165) is 12.1 Å². The van der Waals surface area contributed by atoms with Gasteiger partial charge >= 0.3 is 7.12 Å². The molecule has 5 heteroatoms. The van der Waals surface area contributed by atoms with Gasteiger partial charge in [-0.15, -0.1) is 0 Å². The van der Waals surface area contributed by atoms with Crippen LogP contribution in [0.4, 0.5) is 4.39 Å². The number of nitrogens with zero attached hydrogens (tertiary/aromatic N) is 1. The van der Waals surface area contributed by atoms with Crippen LogP contribution in [-0.4, -0.2) is 23.3 Å². The Kier molecular flexibility index (Phi) is 3.95. The molecule has 20 heavy (non-hydrogen) atoms. The molecule has 0 aromatic carbocycles. The van der Waals surface area contributed by atoms with Crippen molar-refractivity contribution in [1.29, 1.82) is 0 Å². The average molecular weight is 279 g/mol. The first-order chi connectivity index (χ1) is 9.18. The summed E-state index contributed by atoms with van der Waals surface area (Å²) >= 11 is 0. The van der Waals surface area contributed by atoms with Gasteiger partial charge in [-0.25, -0.2) is 4.39 Å². The Hall–Kier alpha value is -0.935. The van der Waals surface area contributed by atoms with Crippen LogP contribution in [0.1, 0.15) is 59.6 Å². The lowest BCUT2D eigenvalue weighted by atomic mass is 9.79. The van der Waals surface area contributed by atoms with Gasteiger partial charge in [-0.05, 0) is 46.1 Å². The van der Waals surface area contributed by atoms with E-state index in [4.69, 9.17) is 9.31 Å². The van der Waals surface area contributed by atoms with E-state index < -0.39 is 18.3 Å². The lowest BCUT2D eigenvalue weighted by molar-refractivity contribution is 0.00578. The maximum atomic E-state index is 14.3. The van der Waals surface area contributed by atoms with Crippen LogP contribution >= 0.6 is 0 Å². The van der Waals surface area contributed by atoms with Gasteiger partial charge in [0.1, 0.15) is 5.82 Å². The van der Waals surface area contributed by atoms with Gasteiger partial charge in [0.15, 0.2) is 0 Å². The quantitative estimate of drug-likeness (QED) is 0.797. The van der Waals surface area contributed by atoms with E-state index in [-0.39, 0.29) is 11.7 Å². The molecule has 1 aliphatic rings. The highest BCUT2D eigenvalue weighted by Gasteiger charge is 2.52. The summed E-state index contributed by atoms with van der Waals surface area (Å²) in [4.78, 5) is 4.35. The van der Waals surface area contributed by atoms with Crippen molar-refractivity contribution in [2.75, 3.05) is 0 Å². The minimum atomic E-state index is -0.696. The molecule has 1 aromatic rings. The van der Waals surface area contributed by atoms with Crippen LogP contribution in [0.15, 0.2) is 12.3 Å². The zero-order chi connectivity index (χ0) is 15.1. The third-order valence-corrected chi connectivity index (χ3v) is 4.53. The number of rotatable bonds is 3. The van der Waals surface area contributed by atoms with E-state index in [0.29, 0.717) is 5.46 Å². The standard InChI is InChI=1S/C15H23BFNO2/c1-7-10(2)13-8-12(17)11(9-18-13)16-19-14(3,4)15(5,6)20-16/h8-10H,7H2,1-6H3. The van der Waals surface area contributed by atoms with E-state index in [1.165, 1.54) is 6.07 Å². The highest BCUT2D eigenvalue weighted by molar-refractivity contribution is 6.62. The minimum Gasteiger partial charge on any atom is -0.399 e. The van der Waals surface area contributed by atoms with Gasteiger partial charge in [0.2, 0.25) is 0 Å². The molecule has 1 saturated heterocycles. The molecule has 0 bridgehead atoms. The highest BCUT2D eigenvalue weighted by Crippen LogP contribution is 2.36. The van der Waals surface area contributed by atoms with Crippen LogP contribution in [0.25, 0.3) is 0 Å². The van der Waals surface area contributed by atoms with Gasteiger partial charge in [0, 0.05) is 17.4 Å². The Bertz CT molecular complexity index is 489. The second-order valence-electron chi connectivity index (χ2n) is 6.53. The summed E-state index contributed by atoms with van der Waals surface area (Å²) in [6.07, 6.45) is 2.47. The molecule has 1 atom stereocenters.